The van der Waals surface area contributed by atoms with Crippen LogP contribution in [0.5, 0.6) is 0 Å². The first kappa shape index (κ1) is 13.0. The first-order valence-electron chi connectivity index (χ1n) is 6.54. The molecule has 0 radical (unpaired) electrons. The minimum Gasteiger partial charge on any atom is -0.336 e. The molecule has 1 saturated heterocycles. The van der Waals surface area contributed by atoms with Gasteiger partial charge in [0.1, 0.15) is 0 Å². The summed E-state index contributed by atoms with van der Waals surface area (Å²) < 4.78 is 0.466. The van der Waals surface area contributed by atoms with Crippen LogP contribution in [0, 0.1) is 0 Å². The fourth-order valence-electron chi connectivity index (χ4n) is 2.73. The molecule has 1 aliphatic heterocycles. The Hall–Kier alpha value is -0.420. The lowest BCUT2D eigenvalue weighted by molar-refractivity contribution is 0.217. The van der Waals surface area contributed by atoms with Gasteiger partial charge >= 0.3 is 6.03 Å². The Kier molecular flexibility index (Phi) is 4.56. The minimum atomic E-state index is 0.0900. The molecule has 2 fully saturated rings. The fourth-order valence-corrected chi connectivity index (χ4v) is 3.67. The van der Waals surface area contributed by atoms with Gasteiger partial charge in [-0.25, -0.2) is 4.79 Å². The van der Waals surface area contributed by atoms with Crippen molar-refractivity contribution in [3.63, 3.8) is 0 Å². The highest BCUT2D eigenvalue weighted by Gasteiger charge is 2.32. The molecule has 0 atom stereocenters. The lowest BCUT2D eigenvalue weighted by Gasteiger charge is -2.27. The third-order valence-corrected chi connectivity index (χ3v) is 5.32. The van der Waals surface area contributed by atoms with Crippen molar-refractivity contribution >= 4 is 17.8 Å². The Balaban J connectivity index is 1.63. The molecule has 0 bridgehead atoms. The van der Waals surface area contributed by atoms with E-state index >= 15 is 0 Å². The average Bonchev–Trinajstić information content (AvgIpc) is 2.95. The molecule has 1 aliphatic carbocycles. The summed E-state index contributed by atoms with van der Waals surface area (Å²) in [6.45, 7) is 4.48. The van der Waals surface area contributed by atoms with Gasteiger partial charge in [-0.3, -0.25) is 0 Å². The van der Waals surface area contributed by atoms with Gasteiger partial charge < -0.3 is 15.5 Å². The van der Waals surface area contributed by atoms with E-state index in [2.05, 4.69) is 16.9 Å². The van der Waals surface area contributed by atoms with E-state index < -0.39 is 0 Å². The number of carbonyl (C=O) groups is 1. The monoisotopic (exact) mass is 257 g/mol. The normalized spacial score (nSPS) is 23.1. The van der Waals surface area contributed by atoms with Gasteiger partial charge in [0.05, 0.1) is 0 Å². The van der Waals surface area contributed by atoms with Crippen molar-refractivity contribution < 1.29 is 4.79 Å². The standard InChI is InChI=1S/C12H23N3OS/c1-17-12(4-2-3-5-12)10-13-6-8-15-9-7-14-11(15)16/h13H,2-10H2,1H3,(H,14,16). The van der Waals surface area contributed by atoms with Crippen LogP contribution in [0.4, 0.5) is 4.79 Å². The van der Waals surface area contributed by atoms with Gasteiger partial charge in [-0.05, 0) is 19.1 Å². The summed E-state index contributed by atoms with van der Waals surface area (Å²) >= 11 is 2.01. The summed E-state index contributed by atoms with van der Waals surface area (Å²) in [6, 6.07) is 0.0900. The second-order valence-corrected chi connectivity index (χ2v) is 6.26. The molecule has 2 rings (SSSR count). The number of nitrogens with one attached hydrogen (secondary N) is 2. The van der Waals surface area contributed by atoms with E-state index in [1.54, 1.807) is 0 Å². The molecule has 0 spiro atoms. The molecule has 1 saturated carbocycles. The third kappa shape index (κ3) is 3.28. The van der Waals surface area contributed by atoms with Crippen LogP contribution in [0.1, 0.15) is 25.7 Å². The van der Waals surface area contributed by atoms with Gasteiger partial charge in [0.2, 0.25) is 0 Å². The van der Waals surface area contributed by atoms with Gasteiger partial charge in [-0.2, -0.15) is 11.8 Å². The highest BCUT2D eigenvalue weighted by molar-refractivity contribution is 8.00. The van der Waals surface area contributed by atoms with Crippen molar-refractivity contribution in [1.29, 1.82) is 0 Å². The first-order chi connectivity index (χ1) is 8.26. The molecule has 0 unspecified atom stereocenters. The lowest BCUT2D eigenvalue weighted by Crippen LogP contribution is -2.40. The largest absolute Gasteiger partial charge is 0.336 e. The van der Waals surface area contributed by atoms with Crippen molar-refractivity contribution in [2.45, 2.75) is 30.4 Å². The van der Waals surface area contributed by atoms with Crippen LogP contribution in [-0.4, -0.2) is 54.7 Å². The average molecular weight is 257 g/mol. The Morgan fingerprint density at radius 3 is 2.82 bits per heavy atom. The number of hydrogen-bond donors (Lipinski definition) is 2. The molecule has 5 heteroatoms. The quantitative estimate of drug-likeness (QED) is 0.705. The van der Waals surface area contributed by atoms with Crippen molar-refractivity contribution in [2.24, 2.45) is 0 Å². The SMILES string of the molecule is CSC1(CNCCN2CCNC2=O)CCCC1. The van der Waals surface area contributed by atoms with Gasteiger partial charge in [-0.15, -0.1) is 0 Å². The van der Waals surface area contributed by atoms with Crippen LogP contribution in [0.25, 0.3) is 0 Å². The van der Waals surface area contributed by atoms with E-state index in [0.717, 1.165) is 32.7 Å². The maximum atomic E-state index is 11.3. The number of hydrogen-bond acceptors (Lipinski definition) is 3. The van der Waals surface area contributed by atoms with E-state index in [4.69, 9.17) is 0 Å². The molecule has 1 heterocycles. The number of carbonyl (C=O) groups excluding carboxylic acids is 1. The topological polar surface area (TPSA) is 44.4 Å². The molecule has 17 heavy (non-hydrogen) atoms. The van der Waals surface area contributed by atoms with Crippen molar-refractivity contribution in [3.05, 3.63) is 0 Å². The summed E-state index contributed by atoms with van der Waals surface area (Å²) in [5.74, 6) is 0. The zero-order valence-electron chi connectivity index (χ0n) is 10.6. The Bertz CT molecular complexity index is 266. The van der Waals surface area contributed by atoms with E-state index in [0.29, 0.717) is 4.75 Å². The third-order valence-electron chi connectivity index (χ3n) is 3.90. The molecule has 2 amide bonds. The highest BCUT2D eigenvalue weighted by Crippen LogP contribution is 2.39. The minimum absolute atomic E-state index is 0.0900. The number of nitrogens with zero attached hydrogens (tertiary/aromatic N) is 1. The lowest BCUT2D eigenvalue weighted by atomic mass is 10.1. The van der Waals surface area contributed by atoms with Gasteiger partial charge in [0.25, 0.3) is 0 Å². The molecule has 2 N–H and O–H groups in total. The second kappa shape index (κ2) is 5.96. The van der Waals surface area contributed by atoms with Crippen molar-refractivity contribution in [3.8, 4) is 0 Å². The summed E-state index contributed by atoms with van der Waals surface area (Å²) in [7, 11) is 0. The molecule has 0 aromatic heterocycles. The fraction of sp³-hybridized carbons (Fsp3) is 0.917. The van der Waals surface area contributed by atoms with Crippen molar-refractivity contribution in [1.82, 2.24) is 15.5 Å². The summed E-state index contributed by atoms with van der Waals surface area (Å²) in [4.78, 5) is 13.2. The van der Waals surface area contributed by atoms with E-state index in [1.807, 2.05) is 16.7 Å². The molecular formula is C12H23N3OS. The molecule has 2 aliphatic rings. The summed E-state index contributed by atoms with van der Waals surface area (Å²) in [5, 5.41) is 6.35. The predicted octanol–water partition coefficient (Wildman–Crippen LogP) is 1.28. The second-order valence-electron chi connectivity index (χ2n) is 4.99. The number of amides is 2. The summed E-state index contributed by atoms with van der Waals surface area (Å²) in [6.07, 6.45) is 7.64. The molecule has 4 nitrogen and oxygen atoms in total. The van der Waals surface area contributed by atoms with Crippen LogP contribution < -0.4 is 10.6 Å². The van der Waals surface area contributed by atoms with E-state index in [-0.39, 0.29) is 6.03 Å². The Morgan fingerprint density at radius 1 is 1.47 bits per heavy atom. The molecular weight excluding hydrogens is 234 g/mol. The van der Waals surface area contributed by atoms with Gasteiger partial charge in [0, 0.05) is 37.5 Å². The first-order valence-corrected chi connectivity index (χ1v) is 7.77. The summed E-state index contributed by atoms with van der Waals surface area (Å²) in [5.41, 5.74) is 0. The molecule has 0 aromatic rings. The smallest absolute Gasteiger partial charge is 0.317 e. The zero-order chi connectivity index (χ0) is 12.1. The number of urea groups is 1. The molecule has 0 aromatic carbocycles. The molecule has 98 valence electrons. The van der Waals surface area contributed by atoms with Gasteiger partial charge in [-0.1, -0.05) is 12.8 Å². The Morgan fingerprint density at radius 2 is 2.24 bits per heavy atom. The van der Waals surface area contributed by atoms with Crippen LogP contribution in [0.3, 0.4) is 0 Å². The zero-order valence-corrected chi connectivity index (χ0v) is 11.4. The van der Waals surface area contributed by atoms with Crippen LogP contribution in [0.15, 0.2) is 0 Å². The Labute approximate surface area is 108 Å². The number of thioether (sulfide) groups is 1. The highest BCUT2D eigenvalue weighted by atomic mass is 32.2. The van der Waals surface area contributed by atoms with Crippen LogP contribution >= 0.6 is 11.8 Å². The maximum absolute atomic E-state index is 11.3. The van der Waals surface area contributed by atoms with Crippen LogP contribution in [0.2, 0.25) is 0 Å². The van der Waals surface area contributed by atoms with Crippen molar-refractivity contribution in [2.75, 3.05) is 39.0 Å². The maximum Gasteiger partial charge on any atom is 0.317 e. The van der Waals surface area contributed by atoms with Crippen LogP contribution in [-0.2, 0) is 0 Å². The van der Waals surface area contributed by atoms with E-state index in [1.165, 1.54) is 25.7 Å². The number of rotatable bonds is 6. The van der Waals surface area contributed by atoms with E-state index in [9.17, 15) is 4.79 Å². The predicted molar refractivity (Wildman–Crippen MR) is 72.6 cm³/mol. The van der Waals surface area contributed by atoms with Gasteiger partial charge in [0.15, 0.2) is 0 Å².